The first-order valence-corrected chi connectivity index (χ1v) is 17.4. The number of likely N-dealkylation sites (tertiary alicyclic amines) is 1. The number of fused-ring (bicyclic) bond motifs is 1. The molecule has 3 N–H and O–H groups in total. The SMILES string of the molecule is COc1nc(-c2cccc(-c3ccnc(-c4cc(OC)c5nc(CNCCO)nn5c4)c3Cl)c2Cl)ccc1CN(C(=O)O)C1CCN(C(C)=O)CC1. The fourth-order valence-corrected chi connectivity index (χ4v) is 7.02. The fourth-order valence-electron chi connectivity index (χ4n) is 6.37. The summed E-state index contributed by atoms with van der Waals surface area (Å²) in [5.41, 5.74) is 4.69. The summed E-state index contributed by atoms with van der Waals surface area (Å²) in [4.78, 5) is 41.1. The van der Waals surface area contributed by atoms with Crippen LogP contribution >= 0.6 is 23.2 Å². The molecule has 4 aromatic heterocycles. The molecule has 16 heteroatoms. The number of piperidine rings is 1. The number of methoxy groups -OCH3 is 2. The third-order valence-electron chi connectivity index (χ3n) is 9.03. The molecule has 0 radical (unpaired) electrons. The van der Waals surface area contributed by atoms with E-state index in [1.165, 1.54) is 18.9 Å². The Morgan fingerprint density at radius 2 is 1.77 bits per heavy atom. The van der Waals surface area contributed by atoms with E-state index in [0.29, 0.717) is 105 Å². The zero-order valence-electron chi connectivity index (χ0n) is 28.8. The van der Waals surface area contributed by atoms with Crippen molar-refractivity contribution in [2.75, 3.05) is 40.5 Å². The predicted octanol–water partition coefficient (Wildman–Crippen LogP) is 5.42. The van der Waals surface area contributed by atoms with E-state index in [0.717, 1.165) is 0 Å². The number of ether oxygens (including phenoxy) is 2. The van der Waals surface area contributed by atoms with Crippen LogP contribution in [0.1, 0.15) is 31.2 Å². The molecule has 52 heavy (non-hydrogen) atoms. The molecule has 14 nitrogen and oxygen atoms in total. The highest BCUT2D eigenvalue weighted by Crippen LogP contribution is 2.42. The molecule has 5 heterocycles. The molecule has 1 aliphatic rings. The zero-order valence-corrected chi connectivity index (χ0v) is 30.4. The molecule has 1 aliphatic heterocycles. The van der Waals surface area contributed by atoms with E-state index in [1.807, 2.05) is 18.2 Å². The highest BCUT2D eigenvalue weighted by Gasteiger charge is 2.30. The molecule has 272 valence electrons. The van der Waals surface area contributed by atoms with Crippen molar-refractivity contribution in [3.63, 3.8) is 0 Å². The Morgan fingerprint density at radius 3 is 2.46 bits per heavy atom. The smallest absolute Gasteiger partial charge is 0.407 e. The van der Waals surface area contributed by atoms with E-state index in [2.05, 4.69) is 20.4 Å². The summed E-state index contributed by atoms with van der Waals surface area (Å²) in [7, 11) is 3.04. The normalized spacial score (nSPS) is 13.4. The van der Waals surface area contributed by atoms with Crippen LogP contribution in [0.25, 0.3) is 39.3 Å². The van der Waals surface area contributed by atoms with Crippen LogP contribution in [0.3, 0.4) is 0 Å². The first kappa shape index (κ1) is 36.8. The van der Waals surface area contributed by atoms with Gasteiger partial charge in [0.15, 0.2) is 17.2 Å². The second-order valence-corrected chi connectivity index (χ2v) is 13.0. The maximum absolute atomic E-state index is 12.3. The van der Waals surface area contributed by atoms with E-state index < -0.39 is 6.09 Å². The maximum atomic E-state index is 12.3. The van der Waals surface area contributed by atoms with E-state index in [-0.39, 0.29) is 31.0 Å². The average Bonchev–Trinajstić information content (AvgIpc) is 3.57. The molecule has 0 atom stereocenters. The minimum absolute atomic E-state index is 0.00368. The van der Waals surface area contributed by atoms with Crippen LogP contribution in [0.15, 0.2) is 54.9 Å². The summed E-state index contributed by atoms with van der Waals surface area (Å²) in [5, 5.41) is 27.6. The number of hydrogen-bond acceptors (Lipinski definition) is 10. The largest absolute Gasteiger partial charge is 0.493 e. The third-order valence-corrected chi connectivity index (χ3v) is 9.82. The van der Waals surface area contributed by atoms with Gasteiger partial charge in [0.05, 0.1) is 55.3 Å². The molecule has 6 rings (SSSR count). The van der Waals surface area contributed by atoms with Crippen LogP contribution in [0.5, 0.6) is 11.6 Å². The average molecular weight is 750 g/mol. The standard InChI is InChI=1S/C36H38Cl2N8O6/c1-21(48)44-14-10-24(11-15-44)45(36(49)50)19-22-7-8-28(41-35(22)52-3)27-6-4-5-25(31(27)37)26-9-12-40-33(32(26)38)23-17-29(51-2)34-42-30(18-39-13-16-47)43-46(34)20-23/h4-9,12,17,20,24,39,47H,10-11,13-16,18-19H2,1-3H3,(H,49,50). The van der Waals surface area contributed by atoms with Gasteiger partial charge in [0, 0.05) is 72.8 Å². The molecule has 1 saturated heterocycles. The summed E-state index contributed by atoms with van der Waals surface area (Å²) in [6.45, 7) is 3.40. The van der Waals surface area contributed by atoms with Crippen molar-refractivity contribution in [3.8, 4) is 45.3 Å². The van der Waals surface area contributed by atoms with E-state index in [4.69, 9.17) is 42.8 Å². The number of rotatable bonds is 12. The van der Waals surface area contributed by atoms with Gasteiger partial charge in [0.1, 0.15) is 0 Å². The number of hydrogen-bond donors (Lipinski definition) is 3. The van der Waals surface area contributed by atoms with Crippen LogP contribution < -0.4 is 14.8 Å². The number of aromatic nitrogens is 5. The lowest BCUT2D eigenvalue weighted by atomic mass is 9.99. The Labute approximate surface area is 309 Å². The second-order valence-electron chi connectivity index (χ2n) is 12.2. The molecule has 2 amide bonds. The number of nitrogens with zero attached hydrogens (tertiary/aromatic N) is 7. The van der Waals surface area contributed by atoms with Gasteiger partial charge in [-0.25, -0.2) is 19.3 Å². The van der Waals surface area contributed by atoms with Gasteiger partial charge in [-0.15, -0.1) is 5.10 Å². The van der Waals surface area contributed by atoms with Gasteiger partial charge in [-0.3, -0.25) is 9.78 Å². The van der Waals surface area contributed by atoms with Gasteiger partial charge in [-0.05, 0) is 37.1 Å². The Hall–Kier alpha value is -5.02. The highest BCUT2D eigenvalue weighted by molar-refractivity contribution is 6.39. The van der Waals surface area contributed by atoms with Gasteiger partial charge in [-0.1, -0.05) is 41.4 Å². The zero-order chi connectivity index (χ0) is 36.9. The maximum Gasteiger partial charge on any atom is 0.407 e. The Balaban J connectivity index is 1.29. The van der Waals surface area contributed by atoms with Crippen LogP contribution in [0, 0.1) is 0 Å². The number of carbonyl (C=O) groups excluding carboxylic acids is 1. The van der Waals surface area contributed by atoms with Crippen LogP contribution in [0.2, 0.25) is 10.0 Å². The molecule has 0 aliphatic carbocycles. The number of benzene rings is 1. The van der Waals surface area contributed by atoms with E-state index >= 15 is 0 Å². The molecule has 1 fully saturated rings. The Morgan fingerprint density at radius 1 is 1.02 bits per heavy atom. The van der Waals surface area contributed by atoms with Gasteiger partial charge >= 0.3 is 6.09 Å². The Bertz CT molecular complexity index is 2100. The topological polar surface area (TPSA) is 168 Å². The van der Waals surface area contributed by atoms with Crippen molar-refractivity contribution in [2.45, 2.75) is 38.9 Å². The molecular weight excluding hydrogens is 711 g/mol. The monoisotopic (exact) mass is 748 g/mol. The first-order valence-electron chi connectivity index (χ1n) is 16.6. The van der Waals surface area contributed by atoms with Crippen molar-refractivity contribution in [3.05, 3.63) is 76.3 Å². The van der Waals surface area contributed by atoms with Crippen molar-refractivity contribution in [1.29, 1.82) is 0 Å². The second kappa shape index (κ2) is 16.1. The van der Waals surface area contributed by atoms with Gasteiger partial charge in [-0.2, -0.15) is 0 Å². The summed E-state index contributed by atoms with van der Waals surface area (Å²) in [5.74, 6) is 1.28. The number of pyridine rings is 3. The van der Waals surface area contributed by atoms with Crippen molar-refractivity contribution >= 4 is 40.8 Å². The molecular formula is C36H38Cl2N8O6. The molecule has 0 spiro atoms. The first-order chi connectivity index (χ1) is 25.1. The number of halogens is 2. The van der Waals surface area contributed by atoms with Crippen molar-refractivity contribution in [2.24, 2.45) is 0 Å². The van der Waals surface area contributed by atoms with Crippen molar-refractivity contribution in [1.82, 2.24) is 39.7 Å². The summed E-state index contributed by atoms with van der Waals surface area (Å²) < 4.78 is 12.9. The van der Waals surface area contributed by atoms with Gasteiger partial charge in [0.2, 0.25) is 11.8 Å². The van der Waals surface area contributed by atoms with Gasteiger partial charge < -0.3 is 34.8 Å². The van der Waals surface area contributed by atoms with Crippen LogP contribution in [0.4, 0.5) is 4.79 Å². The number of carbonyl (C=O) groups is 2. The highest BCUT2D eigenvalue weighted by atomic mass is 35.5. The minimum atomic E-state index is -1.05. The minimum Gasteiger partial charge on any atom is -0.493 e. The van der Waals surface area contributed by atoms with Gasteiger partial charge in [0.25, 0.3) is 0 Å². The molecule has 1 aromatic carbocycles. The summed E-state index contributed by atoms with van der Waals surface area (Å²) in [6, 6.07) is 12.5. The number of nitrogens with one attached hydrogen (secondary N) is 1. The van der Waals surface area contributed by atoms with Crippen LogP contribution in [-0.4, -0.2) is 103 Å². The molecule has 0 bridgehead atoms. The number of aliphatic hydroxyl groups is 1. The van der Waals surface area contributed by atoms with Crippen molar-refractivity contribution < 1.29 is 29.3 Å². The Kier molecular flexibility index (Phi) is 11.4. The lowest BCUT2D eigenvalue weighted by molar-refractivity contribution is -0.130. The quantitative estimate of drug-likeness (QED) is 0.140. The molecule has 0 unspecified atom stereocenters. The summed E-state index contributed by atoms with van der Waals surface area (Å²) in [6.07, 6.45) is 3.47. The lowest BCUT2D eigenvalue weighted by Crippen LogP contribution is -2.47. The summed E-state index contributed by atoms with van der Waals surface area (Å²) >= 11 is 14.2. The van der Waals surface area contributed by atoms with Crippen LogP contribution in [-0.2, 0) is 17.9 Å². The number of amides is 2. The number of aliphatic hydroxyl groups excluding tert-OH is 1. The molecule has 5 aromatic rings. The lowest BCUT2D eigenvalue weighted by Gasteiger charge is -2.37. The fraction of sp³-hybridized carbons (Fsp3) is 0.333. The third kappa shape index (κ3) is 7.60. The number of carboxylic acid groups (broad SMARTS) is 1. The predicted molar refractivity (Wildman–Crippen MR) is 196 cm³/mol. The molecule has 0 saturated carbocycles. The van der Waals surface area contributed by atoms with E-state index in [9.17, 15) is 14.7 Å². The van der Waals surface area contributed by atoms with E-state index in [1.54, 1.807) is 53.2 Å².